The zero-order valence-electron chi connectivity index (χ0n) is 16.0. The molecule has 3 atom stereocenters. The Balaban J connectivity index is 2.00. The number of carbonyl (C=O) groups excluding carboxylic acids is 2. The van der Waals surface area contributed by atoms with Crippen molar-refractivity contribution >= 4 is 27.6 Å². The van der Waals surface area contributed by atoms with Gasteiger partial charge in [-0.3, -0.25) is 9.59 Å². The Bertz CT molecular complexity index is 824. The Morgan fingerprint density at radius 1 is 1.29 bits per heavy atom. The molecule has 0 saturated carbocycles. The second kappa shape index (κ2) is 9.18. The molecule has 1 aliphatic rings. The number of sulfone groups is 1. The Kier molecular flexibility index (Phi) is 7.17. The van der Waals surface area contributed by atoms with E-state index in [0.29, 0.717) is 0 Å². The molecule has 0 radical (unpaired) electrons. The van der Waals surface area contributed by atoms with E-state index in [1.807, 2.05) is 37.3 Å². The Morgan fingerprint density at radius 2 is 1.93 bits per heavy atom. The lowest BCUT2D eigenvalue weighted by molar-refractivity contribution is -0.142. The molecule has 1 aliphatic heterocycles. The fourth-order valence-electron chi connectivity index (χ4n) is 3.18. The van der Waals surface area contributed by atoms with Gasteiger partial charge in [-0.25, -0.2) is 13.2 Å². The Labute approximate surface area is 164 Å². The molecule has 0 bridgehead atoms. The maximum Gasteiger partial charge on any atom is 0.326 e. The molecule has 154 valence electrons. The summed E-state index contributed by atoms with van der Waals surface area (Å²) in [4.78, 5) is 37.9. The van der Waals surface area contributed by atoms with Crippen molar-refractivity contribution < 1.29 is 27.9 Å². The lowest BCUT2D eigenvalue weighted by Gasteiger charge is -2.25. The lowest BCUT2D eigenvalue weighted by atomic mass is 10.1. The minimum Gasteiger partial charge on any atom is -0.480 e. The van der Waals surface area contributed by atoms with E-state index in [-0.39, 0.29) is 42.8 Å². The van der Waals surface area contributed by atoms with Gasteiger partial charge in [-0.15, -0.1) is 0 Å². The van der Waals surface area contributed by atoms with Crippen LogP contribution in [0.2, 0.25) is 0 Å². The van der Waals surface area contributed by atoms with Gasteiger partial charge in [-0.1, -0.05) is 37.3 Å². The molecular formula is C19H26N2O6S. The second-order valence-corrected chi connectivity index (χ2v) is 9.43. The number of hydrogen-bond donors (Lipinski definition) is 2. The fourth-order valence-corrected chi connectivity index (χ4v) is 4.07. The topological polar surface area (TPSA) is 121 Å². The highest BCUT2D eigenvalue weighted by molar-refractivity contribution is 7.91. The third-order valence-corrected chi connectivity index (χ3v) is 6.79. The van der Waals surface area contributed by atoms with E-state index in [1.54, 1.807) is 4.90 Å². The number of benzene rings is 1. The van der Waals surface area contributed by atoms with Gasteiger partial charge in [0.25, 0.3) is 0 Å². The van der Waals surface area contributed by atoms with Crippen molar-refractivity contribution in [3.05, 3.63) is 35.9 Å². The number of carbonyl (C=O) groups is 3. The van der Waals surface area contributed by atoms with Gasteiger partial charge >= 0.3 is 5.97 Å². The SMILES string of the molecule is CCS(=O)(=O)CCC(NC(=O)C1CC(=O)N(C(C)c2ccccc2)C1)C(=O)O. The summed E-state index contributed by atoms with van der Waals surface area (Å²) in [5, 5.41) is 11.7. The molecule has 1 fully saturated rings. The van der Waals surface area contributed by atoms with E-state index in [1.165, 1.54) is 6.92 Å². The molecule has 1 heterocycles. The molecule has 1 aromatic rings. The van der Waals surface area contributed by atoms with Gasteiger partial charge in [0.2, 0.25) is 11.8 Å². The monoisotopic (exact) mass is 410 g/mol. The van der Waals surface area contributed by atoms with Crippen LogP contribution < -0.4 is 5.32 Å². The number of nitrogens with zero attached hydrogens (tertiary/aromatic N) is 1. The largest absolute Gasteiger partial charge is 0.480 e. The van der Waals surface area contributed by atoms with Crippen molar-refractivity contribution in [1.82, 2.24) is 10.2 Å². The van der Waals surface area contributed by atoms with Crippen LogP contribution in [0.5, 0.6) is 0 Å². The first-order valence-corrected chi connectivity index (χ1v) is 11.0. The van der Waals surface area contributed by atoms with Crippen LogP contribution in [0.1, 0.15) is 38.3 Å². The lowest BCUT2D eigenvalue weighted by Crippen LogP contribution is -2.45. The van der Waals surface area contributed by atoms with Gasteiger partial charge in [0, 0.05) is 18.7 Å². The minimum atomic E-state index is -3.34. The number of carboxylic acids is 1. The third-order valence-electron chi connectivity index (χ3n) is 5.05. The number of hydrogen-bond acceptors (Lipinski definition) is 5. The van der Waals surface area contributed by atoms with Crippen LogP contribution in [0, 0.1) is 5.92 Å². The summed E-state index contributed by atoms with van der Waals surface area (Å²) in [6, 6.07) is 7.93. The number of amides is 2. The average molecular weight is 410 g/mol. The van der Waals surface area contributed by atoms with E-state index in [2.05, 4.69) is 5.32 Å². The summed E-state index contributed by atoms with van der Waals surface area (Å²) < 4.78 is 23.2. The molecule has 1 saturated heterocycles. The molecular weight excluding hydrogens is 384 g/mol. The van der Waals surface area contributed by atoms with Crippen LogP contribution in [-0.2, 0) is 24.2 Å². The number of likely N-dealkylation sites (tertiary alicyclic amines) is 1. The van der Waals surface area contributed by atoms with Gasteiger partial charge in [0.1, 0.15) is 15.9 Å². The first-order chi connectivity index (χ1) is 13.1. The molecule has 8 nitrogen and oxygen atoms in total. The Morgan fingerprint density at radius 3 is 2.50 bits per heavy atom. The minimum absolute atomic E-state index is 0.00258. The number of rotatable bonds is 9. The summed E-state index contributed by atoms with van der Waals surface area (Å²) in [5.74, 6) is -3.07. The maximum absolute atomic E-state index is 12.5. The van der Waals surface area contributed by atoms with Crippen LogP contribution in [0.3, 0.4) is 0 Å². The van der Waals surface area contributed by atoms with Crippen molar-refractivity contribution in [3.63, 3.8) is 0 Å². The summed E-state index contributed by atoms with van der Waals surface area (Å²) >= 11 is 0. The highest BCUT2D eigenvalue weighted by atomic mass is 32.2. The van der Waals surface area contributed by atoms with Crippen molar-refractivity contribution in [2.75, 3.05) is 18.1 Å². The van der Waals surface area contributed by atoms with E-state index in [4.69, 9.17) is 0 Å². The van der Waals surface area contributed by atoms with E-state index in [9.17, 15) is 27.9 Å². The van der Waals surface area contributed by atoms with Crippen molar-refractivity contribution in [2.45, 2.75) is 38.8 Å². The predicted octanol–water partition coefficient (Wildman–Crippen LogP) is 0.990. The van der Waals surface area contributed by atoms with E-state index >= 15 is 0 Å². The zero-order chi connectivity index (χ0) is 20.9. The molecule has 1 aromatic carbocycles. The van der Waals surface area contributed by atoms with Crippen LogP contribution >= 0.6 is 0 Å². The molecule has 0 aliphatic carbocycles. The molecule has 2 N–H and O–H groups in total. The van der Waals surface area contributed by atoms with Gasteiger partial charge < -0.3 is 15.3 Å². The number of carboxylic acid groups (broad SMARTS) is 1. The summed E-state index contributed by atoms with van der Waals surface area (Å²) in [5.41, 5.74) is 0.949. The number of aliphatic carboxylic acids is 1. The van der Waals surface area contributed by atoms with Crippen LogP contribution in [-0.4, -0.2) is 60.3 Å². The highest BCUT2D eigenvalue weighted by Gasteiger charge is 2.38. The molecule has 0 aromatic heterocycles. The normalized spacial score (nSPS) is 19.3. The van der Waals surface area contributed by atoms with Gasteiger partial charge in [0.05, 0.1) is 17.7 Å². The zero-order valence-corrected chi connectivity index (χ0v) is 16.8. The predicted molar refractivity (Wildman–Crippen MR) is 103 cm³/mol. The first kappa shape index (κ1) is 21.9. The van der Waals surface area contributed by atoms with E-state index < -0.39 is 33.7 Å². The van der Waals surface area contributed by atoms with Crippen molar-refractivity contribution in [3.8, 4) is 0 Å². The van der Waals surface area contributed by atoms with Crippen LogP contribution in [0.4, 0.5) is 0 Å². The first-order valence-electron chi connectivity index (χ1n) is 9.22. The smallest absolute Gasteiger partial charge is 0.326 e. The maximum atomic E-state index is 12.5. The second-order valence-electron chi connectivity index (χ2n) is 6.96. The fraction of sp³-hybridized carbons (Fsp3) is 0.526. The van der Waals surface area contributed by atoms with Crippen molar-refractivity contribution in [2.24, 2.45) is 5.92 Å². The average Bonchev–Trinajstić information content (AvgIpc) is 3.06. The Hall–Kier alpha value is -2.42. The van der Waals surface area contributed by atoms with Crippen LogP contribution in [0.15, 0.2) is 30.3 Å². The third kappa shape index (κ3) is 5.54. The van der Waals surface area contributed by atoms with Crippen molar-refractivity contribution in [1.29, 1.82) is 0 Å². The summed E-state index contributed by atoms with van der Waals surface area (Å²) in [6.45, 7) is 3.56. The van der Waals surface area contributed by atoms with Gasteiger partial charge in [0.15, 0.2) is 0 Å². The summed E-state index contributed by atoms with van der Waals surface area (Å²) in [7, 11) is -3.34. The standard InChI is InChI=1S/C19H26N2O6S/c1-3-28(26,27)10-9-16(19(24)25)20-18(23)15-11-17(22)21(12-15)13(2)14-7-5-4-6-8-14/h4-8,13,15-16H,3,9-12H2,1-2H3,(H,20,23)(H,24,25). The molecule has 3 unspecified atom stereocenters. The molecule has 9 heteroatoms. The van der Waals surface area contributed by atoms with Crippen LogP contribution in [0.25, 0.3) is 0 Å². The molecule has 2 rings (SSSR count). The van der Waals surface area contributed by atoms with Gasteiger partial charge in [-0.2, -0.15) is 0 Å². The molecule has 28 heavy (non-hydrogen) atoms. The van der Waals surface area contributed by atoms with E-state index in [0.717, 1.165) is 5.56 Å². The molecule has 2 amide bonds. The van der Waals surface area contributed by atoms with Gasteiger partial charge in [-0.05, 0) is 18.9 Å². The number of nitrogens with one attached hydrogen (secondary N) is 1. The highest BCUT2D eigenvalue weighted by Crippen LogP contribution is 2.28. The molecule has 0 spiro atoms. The summed E-state index contributed by atoms with van der Waals surface area (Å²) in [6.07, 6.45) is -0.204. The quantitative estimate of drug-likeness (QED) is 0.626.